The first-order valence-electron chi connectivity index (χ1n) is 6.02. The molecular formula is C14H14FN3O2. The van der Waals surface area contributed by atoms with Gasteiger partial charge in [-0.1, -0.05) is 12.1 Å². The molecule has 1 amide bonds. The van der Waals surface area contributed by atoms with E-state index in [0.29, 0.717) is 12.1 Å². The maximum atomic E-state index is 13.1. The smallest absolute Gasteiger partial charge is 0.259 e. The Balaban J connectivity index is 2.13. The van der Waals surface area contributed by atoms with E-state index in [2.05, 4.69) is 10.3 Å². The number of carbonyl (C=O) groups excluding carboxylic acids is 1. The summed E-state index contributed by atoms with van der Waals surface area (Å²) in [4.78, 5) is 15.6. The summed E-state index contributed by atoms with van der Waals surface area (Å²) in [5, 5.41) is 11.4. The van der Waals surface area contributed by atoms with E-state index in [4.69, 9.17) is 10.8 Å². The van der Waals surface area contributed by atoms with Crippen LogP contribution in [0.5, 0.6) is 0 Å². The topological polar surface area (TPSA) is 88.2 Å². The minimum Gasteiger partial charge on any atom is -0.396 e. The van der Waals surface area contributed by atoms with E-state index in [1.807, 2.05) is 0 Å². The fourth-order valence-corrected chi connectivity index (χ4v) is 1.71. The molecule has 1 aromatic heterocycles. The fraction of sp³-hybridized carbons (Fsp3) is 0.143. The number of pyridine rings is 1. The lowest BCUT2D eigenvalue weighted by Crippen LogP contribution is -2.15. The highest BCUT2D eigenvalue weighted by Gasteiger charge is 2.12. The van der Waals surface area contributed by atoms with Crippen LogP contribution in [0.1, 0.15) is 15.9 Å². The van der Waals surface area contributed by atoms with Crippen LogP contribution >= 0.6 is 0 Å². The monoisotopic (exact) mass is 275 g/mol. The van der Waals surface area contributed by atoms with Gasteiger partial charge in [-0.3, -0.25) is 4.79 Å². The number of benzene rings is 1. The van der Waals surface area contributed by atoms with E-state index in [1.165, 1.54) is 0 Å². The number of amides is 1. The molecule has 20 heavy (non-hydrogen) atoms. The average Bonchev–Trinajstić information content (AvgIpc) is 2.44. The Labute approximate surface area is 115 Å². The van der Waals surface area contributed by atoms with Crippen LogP contribution < -0.4 is 11.1 Å². The number of rotatable bonds is 4. The molecule has 2 aromatic rings. The van der Waals surface area contributed by atoms with Crippen molar-refractivity contribution in [3.63, 3.8) is 0 Å². The van der Waals surface area contributed by atoms with Crippen molar-refractivity contribution < 1.29 is 14.3 Å². The van der Waals surface area contributed by atoms with Gasteiger partial charge in [-0.2, -0.15) is 0 Å². The van der Waals surface area contributed by atoms with E-state index >= 15 is 0 Å². The van der Waals surface area contributed by atoms with Gasteiger partial charge in [0.05, 0.1) is 11.8 Å². The van der Waals surface area contributed by atoms with Crippen LogP contribution in [0, 0.1) is 5.82 Å². The molecule has 2 rings (SSSR count). The summed E-state index contributed by atoms with van der Waals surface area (Å²) in [7, 11) is 0. The average molecular weight is 275 g/mol. The summed E-state index contributed by atoms with van der Waals surface area (Å²) < 4.78 is 13.1. The molecule has 0 unspecified atom stereocenters. The summed E-state index contributed by atoms with van der Waals surface area (Å²) in [5.74, 6) is -1.17. The Morgan fingerprint density at radius 3 is 2.70 bits per heavy atom. The van der Waals surface area contributed by atoms with Gasteiger partial charge in [0.2, 0.25) is 0 Å². The molecule has 0 saturated heterocycles. The Bertz CT molecular complexity index is 614. The second-order valence-corrected chi connectivity index (χ2v) is 4.21. The number of anilines is 2. The highest BCUT2D eigenvalue weighted by atomic mass is 19.1. The number of nitrogens with zero attached hydrogens (tertiary/aromatic N) is 1. The van der Waals surface area contributed by atoms with E-state index < -0.39 is 11.7 Å². The predicted molar refractivity (Wildman–Crippen MR) is 73.8 cm³/mol. The van der Waals surface area contributed by atoms with Crippen LogP contribution in [0.15, 0.2) is 36.5 Å². The zero-order valence-electron chi connectivity index (χ0n) is 10.6. The normalized spacial score (nSPS) is 10.3. The van der Waals surface area contributed by atoms with Crippen molar-refractivity contribution in [2.45, 2.75) is 6.42 Å². The lowest BCUT2D eigenvalue weighted by Gasteiger charge is -2.07. The molecular weight excluding hydrogens is 261 g/mol. The highest BCUT2D eigenvalue weighted by molar-refractivity contribution is 6.07. The van der Waals surface area contributed by atoms with Crippen LogP contribution in [0.2, 0.25) is 0 Å². The van der Waals surface area contributed by atoms with Gasteiger partial charge >= 0.3 is 0 Å². The van der Waals surface area contributed by atoms with Crippen molar-refractivity contribution in [2.24, 2.45) is 0 Å². The third kappa shape index (κ3) is 3.30. The highest BCUT2D eigenvalue weighted by Crippen LogP contribution is 2.15. The molecule has 0 aliphatic carbocycles. The molecule has 0 radical (unpaired) electrons. The Kier molecular flexibility index (Phi) is 4.27. The summed E-state index contributed by atoms with van der Waals surface area (Å²) in [5.41, 5.74) is 7.04. The number of nitrogens with two attached hydrogens (primary N) is 1. The molecule has 0 aliphatic rings. The van der Waals surface area contributed by atoms with Crippen molar-refractivity contribution in [3.8, 4) is 0 Å². The van der Waals surface area contributed by atoms with Crippen molar-refractivity contribution >= 4 is 17.4 Å². The quantitative estimate of drug-likeness (QED) is 0.790. The second kappa shape index (κ2) is 6.12. The van der Waals surface area contributed by atoms with Crippen molar-refractivity contribution in [3.05, 3.63) is 53.5 Å². The summed E-state index contributed by atoms with van der Waals surface area (Å²) in [6.07, 6.45) is 1.50. The van der Waals surface area contributed by atoms with Gasteiger partial charge in [0.25, 0.3) is 5.91 Å². The first-order chi connectivity index (χ1) is 9.60. The van der Waals surface area contributed by atoms with Crippen LogP contribution in [-0.4, -0.2) is 22.6 Å². The number of aromatic nitrogens is 1. The SMILES string of the molecule is Nc1ncc(F)cc1C(=O)Nc1ccc(CCO)cc1. The summed E-state index contributed by atoms with van der Waals surface area (Å²) >= 11 is 0. The third-order valence-corrected chi connectivity index (χ3v) is 2.74. The van der Waals surface area contributed by atoms with Gasteiger partial charge in [0.15, 0.2) is 0 Å². The largest absolute Gasteiger partial charge is 0.396 e. The number of nitrogens with one attached hydrogen (secondary N) is 1. The number of aliphatic hydroxyl groups excluding tert-OH is 1. The zero-order valence-corrected chi connectivity index (χ0v) is 10.6. The number of aliphatic hydroxyl groups is 1. The number of halogens is 1. The zero-order chi connectivity index (χ0) is 14.5. The molecule has 104 valence electrons. The number of nitrogen functional groups attached to an aromatic ring is 1. The first-order valence-corrected chi connectivity index (χ1v) is 6.02. The predicted octanol–water partition coefficient (Wildman–Crippen LogP) is 1.59. The molecule has 0 fully saturated rings. The van der Waals surface area contributed by atoms with Crippen molar-refractivity contribution in [2.75, 3.05) is 17.7 Å². The van der Waals surface area contributed by atoms with Gasteiger partial charge < -0.3 is 16.2 Å². The van der Waals surface area contributed by atoms with Gasteiger partial charge in [-0.05, 0) is 30.2 Å². The molecule has 0 atom stereocenters. The van der Waals surface area contributed by atoms with Gasteiger partial charge in [0, 0.05) is 12.3 Å². The number of hydrogen-bond acceptors (Lipinski definition) is 4. The Morgan fingerprint density at radius 2 is 2.05 bits per heavy atom. The molecule has 0 aliphatic heterocycles. The first kappa shape index (κ1) is 14.0. The van der Waals surface area contributed by atoms with E-state index in [9.17, 15) is 9.18 Å². The van der Waals surface area contributed by atoms with Crippen LogP contribution in [0.25, 0.3) is 0 Å². The maximum Gasteiger partial charge on any atom is 0.259 e. The summed E-state index contributed by atoms with van der Waals surface area (Å²) in [6.45, 7) is 0.0667. The lowest BCUT2D eigenvalue weighted by molar-refractivity contribution is 0.102. The maximum absolute atomic E-state index is 13.1. The molecule has 1 aromatic carbocycles. The van der Waals surface area contributed by atoms with Gasteiger partial charge in [-0.15, -0.1) is 0 Å². The molecule has 6 heteroatoms. The minimum absolute atomic E-state index is 0.00978. The van der Waals surface area contributed by atoms with Crippen LogP contribution in [0.3, 0.4) is 0 Å². The molecule has 0 spiro atoms. The van der Waals surface area contributed by atoms with Gasteiger partial charge in [0.1, 0.15) is 11.6 Å². The Hall–Kier alpha value is -2.47. The lowest BCUT2D eigenvalue weighted by atomic mass is 10.1. The summed E-state index contributed by atoms with van der Waals surface area (Å²) in [6, 6.07) is 8.02. The van der Waals surface area contributed by atoms with Crippen molar-refractivity contribution in [1.82, 2.24) is 4.98 Å². The molecule has 0 saturated carbocycles. The van der Waals surface area contributed by atoms with Crippen LogP contribution in [-0.2, 0) is 6.42 Å². The number of hydrogen-bond donors (Lipinski definition) is 3. The third-order valence-electron chi connectivity index (χ3n) is 2.74. The van der Waals surface area contributed by atoms with Crippen molar-refractivity contribution in [1.29, 1.82) is 0 Å². The minimum atomic E-state index is -0.623. The molecule has 4 N–H and O–H groups in total. The Morgan fingerprint density at radius 1 is 1.35 bits per heavy atom. The van der Waals surface area contributed by atoms with Gasteiger partial charge in [-0.25, -0.2) is 9.37 Å². The second-order valence-electron chi connectivity index (χ2n) is 4.21. The number of carbonyl (C=O) groups is 1. The van der Waals surface area contributed by atoms with E-state index in [1.54, 1.807) is 24.3 Å². The van der Waals surface area contributed by atoms with Crippen LogP contribution in [0.4, 0.5) is 15.9 Å². The standard InChI is InChI=1S/C14H14FN3O2/c15-10-7-12(13(16)17-8-10)14(20)18-11-3-1-9(2-4-11)5-6-19/h1-4,7-8,19H,5-6H2,(H2,16,17)(H,18,20). The van der Waals surface area contributed by atoms with E-state index in [0.717, 1.165) is 17.8 Å². The fourth-order valence-electron chi connectivity index (χ4n) is 1.71. The molecule has 0 bridgehead atoms. The molecule has 1 heterocycles. The molecule has 5 nitrogen and oxygen atoms in total. The van der Waals surface area contributed by atoms with E-state index in [-0.39, 0.29) is 18.0 Å².